The molecule has 108 valence electrons. The Kier molecular flexibility index (Phi) is 2.83. The van der Waals surface area contributed by atoms with Gasteiger partial charge in [-0.25, -0.2) is 0 Å². The van der Waals surface area contributed by atoms with E-state index < -0.39 is 5.54 Å². The minimum atomic E-state index is -0.431. The van der Waals surface area contributed by atoms with Gasteiger partial charge in [0.2, 0.25) is 0 Å². The zero-order chi connectivity index (χ0) is 14.4. The van der Waals surface area contributed by atoms with Gasteiger partial charge in [0, 0.05) is 24.0 Å². The predicted octanol–water partition coefficient (Wildman–Crippen LogP) is 3.56. The molecule has 2 aliphatic heterocycles. The van der Waals surface area contributed by atoms with Crippen molar-refractivity contribution in [2.75, 3.05) is 13.1 Å². The van der Waals surface area contributed by atoms with Crippen LogP contribution in [0.1, 0.15) is 37.4 Å². The molecule has 0 spiro atoms. The molecule has 0 bridgehead atoms. The van der Waals surface area contributed by atoms with Crippen LogP contribution < -0.4 is 0 Å². The maximum absolute atomic E-state index is 10.1. The minimum Gasteiger partial charge on any atom is -0.356 e. The highest BCUT2D eigenvalue weighted by Crippen LogP contribution is 2.48. The molecule has 1 N–H and O–H groups in total. The number of para-hydroxylation sites is 1. The van der Waals surface area contributed by atoms with Gasteiger partial charge in [-0.2, -0.15) is 5.26 Å². The second-order valence-electron chi connectivity index (χ2n) is 6.39. The molecule has 0 unspecified atom stereocenters. The van der Waals surface area contributed by atoms with E-state index in [0.717, 1.165) is 32.4 Å². The first-order chi connectivity index (χ1) is 10.3. The lowest BCUT2D eigenvalue weighted by molar-refractivity contribution is 0.0209. The molecule has 2 aromatic rings. The number of benzene rings is 1. The Bertz CT molecular complexity index is 724. The summed E-state index contributed by atoms with van der Waals surface area (Å²) in [7, 11) is 0. The number of nitrogens with zero attached hydrogens (tertiary/aromatic N) is 2. The molecule has 3 nitrogen and oxygen atoms in total. The van der Waals surface area contributed by atoms with Crippen LogP contribution in [0.3, 0.4) is 0 Å². The van der Waals surface area contributed by atoms with Crippen LogP contribution in [-0.4, -0.2) is 23.0 Å². The van der Waals surface area contributed by atoms with Crippen molar-refractivity contribution in [3.05, 3.63) is 35.5 Å². The van der Waals surface area contributed by atoms with Gasteiger partial charge in [-0.1, -0.05) is 31.5 Å². The van der Waals surface area contributed by atoms with Gasteiger partial charge in [-0.3, -0.25) is 4.90 Å². The third-order valence-corrected chi connectivity index (χ3v) is 5.56. The molecule has 2 aliphatic rings. The van der Waals surface area contributed by atoms with Gasteiger partial charge in [-0.15, -0.1) is 0 Å². The standard InChI is InChI=1S/C18H21N3/c1-2-13-6-5-10-21-11-9-15-14-7-3-4-8-16(14)20-17(15)18(13,21)12-19/h3-4,7-8,13,20H,2,5-6,9-11H2,1H3/t13-,18+/m1/s1. The summed E-state index contributed by atoms with van der Waals surface area (Å²) < 4.78 is 0. The molecular formula is C18H21N3. The summed E-state index contributed by atoms with van der Waals surface area (Å²) in [5, 5.41) is 11.4. The zero-order valence-electron chi connectivity index (χ0n) is 12.5. The molecule has 3 heterocycles. The molecule has 0 amide bonds. The lowest BCUT2D eigenvalue weighted by atomic mass is 9.70. The Hall–Kier alpha value is -1.79. The van der Waals surface area contributed by atoms with E-state index in [1.54, 1.807) is 0 Å². The highest BCUT2D eigenvalue weighted by Gasteiger charge is 2.51. The van der Waals surface area contributed by atoms with E-state index in [1.165, 1.54) is 28.6 Å². The molecule has 21 heavy (non-hydrogen) atoms. The molecule has 0 saturated carbocycles. The SMILES string of the molecule is CC[C@@H]1CCCN2CCc3c([nH]c4ccccc34)[C@]12C#N. The van der Waals surface area contributed by atoms with Crippen molar-refractivity contribution in [3.8, 4) is 6.07 Å². The van der Waals surface area contributed by atoms with Crippen LogP contribution in [0.25, 0.3) is 10.9 Å². The maximum Gasteiger partial charge on any atom is 0.152 e. The Labute approximate surface area is 125 Å². The van der Waals surface area contributed by atoms with E-state index in [1.807, 2.05) is 0 Å². The molecule has 0 radical (unpaired) electrons. The zero-order valence-corrected chi connectivity index (χ0v) is 12.5. The van der Waals surface area contributed by atoms with Crippen molar-refractivity contribution in [2.45, 2.75) is 38.1 Å². The Balaban J connectivity index is 2.00. The average molecular weight is 279 g/mol. The van der Waals surface area contributed by atoms with E-state index in [-0.39, 0.29) is 0 Å². The molecule has 1 aromatic carbocycles. The fourth-order valence-corrected chi connectivity index (χ4v) is 4.57. The Morgan fingerprint density at radius 2 is 2.24 bits per heavy atom. The van der Waals surface area contributed by atoms with Gasteiger partial charge in [0.15, 0.2) is 5.54 Å². The van der Waals surface area contributed by atoms with Crippen molar-refractivity contribution in [2.24, 2.45) is 5.92 Å². The first kappa shape index (κ1) is 12.9. The van der Waals surface area contributed by atoms with Gasteiger partial charge in [0.1, 0.15) is 0 Å². The third kappa shape index (κ3) is 1.57. The Morgan fingerprint density at radius 3 is 3.05 bits per heavy atom. The first-order valence-corrected chi connectivity index (χ1v) is 8.07. The number of aromatic nitrogens is 1. The number of rotatable bonds is 1. The van der Waals surface area contributed by atoms with Crippen molar-refractivity contribution >= 4 is 10.9 Å². The fourth-order valence-electron chi connectivity index (χ4n) is 4.57. The van der Waals surface area contributed by atoms with E-state index >= 15 is 0 Å². The van der Waals surface area contributed by atoms with E-state index in [9.17, 15) is 5.26 Å². The van der Waals surface area contributed by atoms with Crippen molar-refractivity contribution in [3.63, 3.8) is 0 Å². The highest BCUT2D eigenvalue weighted by molar-refractivity contribution is 5.85. The number of hydrogen-bond acceptors (Lipinski definition) is 2. The van der Waals surface area contributed by atoms with Crippen LogP contribution >= 0.6 is 0 Å². The lowest BCUT2D eigenvalue weighted by Gasteiger charge is -2.50. The van der Waals surface area contributed by atoms with Crippen molar-refractivity contribution in [1.29, 1.82) is 5.26 Å². The normalized spacial score (nSPS) is 28.9. The van der Waals surface area contributed by atoms with Gasteiger partial charge < -0.3 is 4.98 Å². The van der Waals surface area contributed by atoms with Crippen molar-refractivity contribution < 1.29 is 0 Å². The first-order valence-electron chi connectivity index (χ1n) is 8.07. The molecule has 4 rings (SSSR count). The second-order valence-corrected chi connectivity index (χ2v) is 6.39. The molecule has 2 atom stereocenters. The number of nitrogens with one attached hydrogen (secondary N) is 1. The topological polar surface area (TPSA) is 42.8 Å². The quantitative estimate of drug-likeness (QED) is 0.867. The minimum absolute atomic E-state index is 0.431. The van der Waals surface area contributed by atoms with E-state index in [4.69, 9.17) is 0 Å². The summed E-state index contributed by atoms with van der Waals surface area (Å²) in [5.41, 5.74) is 3.31. The molecule has 0 aliphatic carbocycles. The second kappa shape index (κ2) is 4.61. The summed E-state index contributed by atoms with van der Waals surface area (Å²) >= 11 is 0. The fraction of sp³-hybridized carbons (Fsp3) is 0.500. The van der Waals surface area contributed by atoms with Gasteiger partial charge >= 0.3 is 0 Å². The number of nitriles is 1. The molecule has 1 saturated heterocycles. The number of hydrogen-bond donors (Lipinski definition) is 1. The summed E-state index contributed by atoms with van der Waals surface area (Å²) in [5.74, 6) is 0.434. The van der Waals surface area contributed by atoms with Crippen LogP contribution in [0.2, 0.25) is 0 Å². The number of H-pyrrole nitrogens is 1. The average Bonchev–Trinajstić information content (AvgIpc) is 2.93. The van der Waals surface area contributed by atoms with E-state index in [0.29, 0.717) is 5.92 Å². The van der Waals surface area contributed by atoms with Gasteiger partial charge in [0.25, 0.3) is 0 Å². The summed E-state index contributed by atoms with van der Waals surface area (Å²) in [6.07, 6.45) is 4.50. The van der Waals surface area contributed by atoms with Gasteiger partial charge in [-0.05, 0) is 36.8 Å². The molecule has 1 aromatic heterocycles. The van der Waals surface area contributed by atoms with Gasteiger partial charge in [0.05, 0.1) is 11.8 Å². The highest BCUT2D eigenvalue weighted by atomic mass is 15.2. The van der Waals surface area contributed by atoms with Crippen LogP contribution in [0.4, 0.5) is 0 Å². The maximum atomic E-state index is 10.1. The molecule has 1 fully saturated rings. The van der Waals surface area contributed by atoms with Crippen LogP contribution in [0.5, 0.6) is 0 Å². The smallest absolute Gasteiger partial charge is 0.152 e. The van der Waals surface area contributed by atoms with Crippen molar-refractivity contribution in [1.82, 2.24) is 9.88 Å². The predicted molar refractivity (Wildman–Crippen MR) is 83.9 cm³/mol. The Morgan fingerprint density at radius 1 is 1.38 bits per heavy atom. The largest absolute Gasteiger partial charge is 0.356 e. The number of aromatic amines is 1. The third-order valence-electron chi connectivity index (χ3n) is 5.56. The summed E-state index contributed by atoms with van der Waals surface area (Å²) in [4.78, 5) is 6.04. The van der Waals surface area contributed by atoms with Crippen LogP contribution in [-0.2, 0) is 12.0 Å². The van der Waals surface area contributed by atoms with E-state index in [2.05, 4.69) is 47.1 Å². The monoisotopic (exact) mass is 279 g/mol. The number of fused-ring (bicyclic) bond motifs is 5. The molecule has 3 heteroatoms. The number of piperidine rings is 1. The summed E-state index contributed by atoms with van der Waals surface area (Å²) in [6.45, 7) is 4.29. The summed E-state index contributed by atoms with van der Waals surface area (Å²) in [6, 6.07) is 11.2. The lowest BCUT2D eigenvalue weighted by Crippen LogP contribution is -2.57. The molecular weight excluding hydrogens is 258 g/mol. The van der Waals surface area contributed by atoms with Crippen LogP contribution in [0.15, 0.2) is 24.3 Å². The van der Waals surface area contributed by atoms with Crippen LogP contribution in [0, 0.1) is 17.2 Å².